The number of hydrogen-bond donors (Lipinski definition) is 1. The topological polar surface area (TPSA) is 93.9 Å². The molecule has 2 aromatic carbocycles. The summed E-state index contributed by atoms with van der Waals surface area (Å²) >= 11 is 0. The first kappa shape index (κ1) is 19.8. The number of benzene rings is 2. The molecule has 1 N–H and O–H groups in total. The van der Waals surface area contributed by atoms with Crippen LogP contribution in [0.2, 0.25) is 0 Å². The van der Waals surface area contributed by atoms with Crippen LogP contribution in [0.1, 0.15) is 11.1 Å². The van der Waals surface area contributed by atoms with Crippen molar-refractivity contribution in [1.29, 1.82) is 0 Å². The molecule has 148 valence electrons. The van der Waals surface area contributed by atoms with Crippen LogP contribution in [0, 0.1) is 10.1 Å². The van der Waals surface area contributed by atoms with E-state index >= 15 is 0 Å². The van der Waals surface area contributed by atoms with Gasteiger partial charge in [0.15, 0.2) is 6.61 Å². The van der Waals surface area contributed by atoms with Crippen molar-refractivity contribution in [3.05, 3.63) is 69.8 Å². The molecule has 0 spiro atoms. The second-order valence-electron chi connectivity index (χ2n) is 6.53. The van der Waals surface area contributed by atoms with E-state index < -0.39 is 4.92 Å². The summed E-state index contributed by atoms with van der Waals surface area (Å²) in [6.07, 6.45) is 0. The summed E-state index contributed by atoms with van der Waals surface area (Å²) in [4.78, 5) is 24.6. The van der Waals surface area contributed by atoms with E-state index in [1.807, 2.05) is 12.1 Å². The van der Waals surface area contributed by atoms with Crippen molar-refractivity contribution >= 4 is 11.6 Å². The number of morpholine rings is 1. The van der Waals surface area contributed by atoms with Crippen LogP contribution in [0.4, 0.5) is 5.69 Å². The molecule has 1 amide bonds. The number of hydrogen-bond acceptors (Lipinski definition) is 6. The van der Waals surface area contributed by atoms with E-state index in [9.17, 15) is 14.9 Å². The van der Waals surface area contributed by atoms with Gasteiger partial charge >= 0.3 is 0 Å². The fourth-order valence-corrected chi connectivity index (χ4v) is 2.94. The molecule has 28 heavy (non-hydrogen) atoms. The third kappa shape index (κ3) is 6.04. The minimum Gasteiger partial charge on any atom is -0.484 e. The average molecular weight is 385 g/mol. The van der Waals surface area contributed by atoms with Crippen molar-refractivity contribution in [1.82, 2.24) is 10.2 Å². The van der Waals surface area contributed by atoms with Crippen molar-refractivity contribution in [2.45, 2.75) is 13.1 Å². The molecule has 8 heteroatoms. The molecule has 1 fully saturated rings. The van der Waals surface area contributed by atoms with E-state index in [2.05, 4.69) is 22.3 Å². The second-order valence-corrected chi connectivity index (χ2v) is 6.53. The standard InChI is InChI=1S/C20H23N3O5/c24-20(15-28-19-6-2-5-18(12-19)23(25)26)21-13-16-3-1-4-17(11-16)14-22-7-9-27-10-8-22/h1-6,11-12H,7-10,13-15H2,(H,21,24). The van der Waals surface area contributed by atoms with Crippen LogP contribution < -0.4 is 10.1 Å². The SMILES string of the molecule is O=C(COc1cccc([N+](=O)[O-])c1)NCc1cccc(CN2CCOCC2)c1. The summed E-state index contributed by atoms with van der Waals surface area (Å²) in [5, 5.41) is 13.6. The zero-order valence-electron chi connectivity index (χ0n) is 15.5. The number of nitro benzene ring substituents is 1. The smallest absolute Gasteiger partial charge is 0.273 e. The van der Waals surface area contributed by atoms with Gasteiger partial charge in [-0.1, -0.05) is 30.3 Å². The molecule has 0 atom stereocenters. The molecule has 1 aliphatic heterocycles. The number of nitrogens with one attached hydrogen (secondary N) is 1. The third-order valence-corrected chi connectivity index (χ3v) is 4.39. The van der Waals surface area contributed by atoms with E-state index in [0.29, 0.717) is 6.54 Å². The van der Waals surface area contributed by atoms with Gasteiger partial charge in [0.2, 0.25) is 0 Å². The Morgan fingerprint density at radius 1 is 1.14 bits per heavy atom. The molecular formula is C20H23N3O5. The molecule has 1 saturated heterocycles. The van der Waals surface area contributed by atoms with E-state index in [0.717, 1.165) is 38.4 Å². The quantitative estimate of drug-likeness (QED) is 0.553. The summed E-state index contributed by atoms with van der Waals surface area (Å²) < 4.78 is 10.7. The predicted molar refractivity (Wildman–Crippen MR) is 103 cm³/mol. The Hall–Kier alpha value is -2.97. The lowest BCUT2D eigenvalue weighted by Crippen LogP contribution is -2.35. The van der Waals surface area contributed by atoms with E-state index in [1.54, 1.807) is 6.07 Å². The first-order chi connectivity index (χ1) is 13.6. The van der Waals surface area contributed by atoms with Crippen LogP contribution in [-0.4, -0.2) is 48.6 Å². The van der Waals surface area contributed by atoms with Crippen LogP contribution >= 0.6 is 0 Å². The molecule has 2 aromatic rings. The van der Waals surface area contributed by atoms with Gasteiger partial charge < -0.3 is 14.8 Å². The fourth-order valence-electron chi connectivity index (χ4n) is 2.94. The first-order valence-electron chi connectivity index (χ1n) is 9.12. The molecule has 0 bridgehead atoms. The summed E-state index contributed by atoms with van der Waals surface area (Å²) in [6.45, 7) is 4.44. The molecule has 1 heterocycles. The Morgan fingerprint density at radius 3 is 2.68 bits per heavy atom. The van der Waals surface area contributed by atoms with Crippen molar-refractivity contribution in [2.24, 2.45) is 0 Å². The summed E-state index contributed by atoms with van der Waals surface area (Å²) in [5.74, 6) is 0.00180. The maximum Gasteiger partial charge on any atom is 0.273 e. The Morgan fingerprint density at radius 2 is 1.89 bits per heavy atom. The number of ether oxygens (including phenoxy) is 2. The lowest BCUT2D eigenvalue weighted by atomic mass is 10.1. The molecule has 0 unspecified atom stereocenters. The highest BCUT2D eigenvalue weighted by molar-refractivity contribution is 5.77. The molecule has 0 aliphatic carbocycles. The van der Waals surface area contributed by atoms with Crippen molar-refractivity contribution in [3.63, 3.8) is 0 Å². The van der Waals surface area contributed by atoms with E-state index in [1.165, 1.54) is 23.8 Å². The number of carbonyl (C=O) groups is 1. The summed E-state index contributed by atoms with van der Waals surface area (Å²) in [7, 11) is 0. The molecule has 0 saturated carbocycles. The molecule has 0 aromatic heterocycles. The third-order valence-electron chi connectivity index (χ3n) is 4.39. The molecule has 8 nitrogen and oxygen atoms in total. The van der Waals surface area contributed by atoms with Gasteiger partial charge in [0, 0.05) is 32.2 Å². The zero-order chi connectivity index (χ0) is 19.8. The average Bonchev–Trinajstić information content (AvgIpc) is 2.72. The monoisotopic (exact) mass is 385 g/mol. The largest absolute Gasteiger partial charge is 0.484 e. The van der Waals surface area contributed by atoms with Gasteiger partial charge in [0.1, 0.15) is 5.75 Å². The van der Waals surface area contributed by atoms with Gasteiger partial charge in [0.25, 0.3) is 11.6 Å². The van der Waals surface area contributed by atoms with Crippen LogP contribution in [0.15, 0.2) is 48.5 Å². The van der Waals surface area contributed by atoms with Crippen molar-refractivity contribution < 1.29 is 19.2 Å². The zero-order valence-corrected chi connectivity index (χ0v) is 15.5. The van der Waals surface area contributed by atoms with Gasteiger partial charge in [-0.15, -0.1) is 0 Å². The molecule has 3 rings (SSSR count). The minimum absolute atomic E-state index is 0.0741. The lowest BCUT2D eigenvalue weighted by Gasteiger charge is -2.26. The maximum absolute atomic E-state index is 12.0. The number of non-ortho nitro benzene ring substituents is 1. The highest BCUT2D eigenvalue weighted by Crippen LogP contribution is 2.18. The Kier molecular flexibility index (Phi) is 6.94. The van der Waals surface area contributed by atoms with Gasteiger partial charge in [-0.3, -0.25) is 19.8 Å². The Labute approximate surface area is 163 Å². The minimum atomic E-state index is -0.503. The number of carbonyl (C=O) groups excluding carboxylic acids is 1. The number of nitro groups is 1. The van der Waals surface area contributed by atoms with Crippen LogP contribution in [0.5, 0.6) is 5.75 Å². The highest BCUT2D eigenvalue weighted by Gasteiger charge is 2.11. The molecule has 0 radical (unpaired) electrons. The van der Waals surface area contributed by atoms with E-state index in [-0.39, 0.29) is 24.0 Å². The van der Waals surface area contributed by atoms with Gasteiger partial charge in [-0.25, -0.2) is 0 Å². The van der Waals surface area contributed by atoms with Gasteiger partial charge in [0.05, 0.1) is 24.2 Å². The fraction of sp³-hybridized carbons (Fsp3) is 0.350. The van der Waals surface area contributed by atoms with Crippen LogP contribution in [-0.2, 0) is 22.6 Å². The number of amides is 1. The first-order valence-corrected chi connectivity index (χ1v) is 9.12. The van der Waals surface area contributed by atoms with Gasteiger partial charge in [-0.05, 0) is 17.2 Å². The van der Waals surface area contributed by atoms with Crippen molar-refractivity contribution in [2.75, 3.05) is 32.9 Å². The van der Waals surface area contributed by atoms with Crippen molar-refractivity contribution in [3.8, 4) is 5.75 Å². The summed E-state index contributed by atoms with van der Waals surface area (Å²) in [5.41, 5.74) is 2.13. The highest BCUT2D eigenvalue weighted by atomic mass is 16.6. The Bertz CT molecular complexity index is 821. The summed E-state index contributed by atoms with van der Waals surface area (Å²) in [6, 6.07) is 13.9. The second kappa shape index (κ2) is 9.82. The van der Waals surface area contributed by atoms with Crippen LogP contribution in [0.25, 0.3) is 0 Å². The predicted octanol–water partition coefficient (Wildman–Crippen LogP) is 2.12. The normalized spacial score (nSPS) is 14.4. The van der Waals surface area contributed by atoms with E-state index in [4.69, 9.17) is 9.47 Å². The Balaban J connectivity index is 1.46. The maximum atomic E-state index is 12.0. The number of nitrogens with zero attached hydrogens (tertiary/aromatic N) is 2. The number of rotatable bonds is 8. The van der Waals surface area contributed by atoms with Gasteiger partial charge in [-0.2, -0.15) is 0 Å². The molecular weight excluding hydrogens is 362 g/mol. The molecule has 1 aliphatic rings. The lowest BCUT2D eigenvalue weighted by molar-refractivity contribution is -0.384. The van der Waals surface area contributed by atoms with Crippen LogP contribution in [0.3, 0.4) is 0 Å².